The Morgan fingerprint density at radius 3 is 2.42 bits per heavy atom. The van der Waals surface area contributed by atoms with E-state index in [1.807, 2.05) is 36.6 Å². The fourth-order valence-corrected chi connectivity index (χ4v) is 2.75. The average molecular weight is 272 g/mol. The molecule has 3 rings (SSSR count). The van der Waals surface area contributed by atoms with Gasteiger partial charge in [0, 0.05) is 4.90 Å². The molecule has 0 saturated carbocycles. The smallest absolute Gasteiger partial charge is 0.104 e. The van der Waals surface area contributed by atoms with E-state index < -0.39 is 6.10 Å². The molecule has 0 amide bonds. The number of fused-ring (bicyclic) bond motifs is 1. The van der Waals surface area contributed by atoms with Crippen LogP contribution in [-0.2, 0) is 18.0 Å². The van der Waals surface area contributed by atoms with E-state index in [9.17, 15) is 5.11 Å². The number of rotatable bonds is 3. The minimum absolute atomic E-state index is 0.568. The normalized spacial score (nSPS) is 15.3. The molecule has 1 aliphatic rings. The molecular formula is C16H16O2S. The highest BCUT2D eigenvalue weighted by atomic mass is 32.2. The first-order valence-electron chi connectivity index (χ1n) is 6.29. The van der Waals surface area contributed by atoms with Gasteiger partial charge in [0.2, 0.25) is 0 Å². The topological polar surface area (TPSA) is 29.5 Å². The summed E-state index contributed by atoms with van der Waals surface area (Å²) in [4.78, 5) is 1.21. The standard InChI is InChI=1S/C16H16O2S/c1-19-15-6-4-11(5-7-15)16(17)12-2-3-13-9-18-10-14(13)8-12/h2-8,16-17H,9-10H2,1H3. The minimum Gasteiger partial charge on any atom is -0.384 e. The van der Waals surface area contributed by atoms with Gasteiger partial charge in [-0.1, -0.05) is 30.3 Å². The maximum absolute atomic E-state index is 10.4. The van der Waals surface area contributed by atoms with Gasteiger partial charge in [-0.05, 0) is 40.6 Å². The first-order chi connectivity index (χ1) is 9.28. The van der Waals surface area contributed by atoms with Gasteiger partial charge in [-0.25, -0.2) is 0 Å². The van der Waals surface area contributed by atoms with Crippen molar-refractivity contribution in [1.29, 1.82) is 0 Å². The van der Waals surface area contributed by atoms with Crippen LogP contribution in [0.25, 0.3) is 0 Å². The summed E-state index contributed by atoms with van der Waals surface area (Å²) in [7, 11) is 0. The summed E-state index contributed by atoms with van der Waals surface area (Å²) >= 11 is 1.70. The molecule has 0 bridgehead atoms. The van der Waals surface area contributed by atoms with Crippen LogP contribution in [0.5, 0.6) is 0 Å². The number of aliphatic hydroxyl groups is 1. The molecule has 3 heteroatoms. The van der Waals surface area contributed by atoms with Crippen LogP contribution in [0, 0.1) is 0 Å². The van der Waals surface area contributed by atoms with Crippen molar-refractivity contribution in [3.63, 3.8) is 0 Å². The molecule has 2 aromatic carbocycles. The molecule has 2 nitrogen and oxygen atoms in total. The second-order valence-electron chi connectivity index (χ2n) is 4.70. The molecule has 0 radical (unpaired) electrons. The maximum atomic E-state index is 10.4. The molecule has 2 aromatic rings. The molecule has 98 valence electrons. The van der Waals surface area contributed by atoms with Crippen LogP contribution in [-0.4, -0.2) is 11.4 Å². The number of aliphatic hydroxyl groups excluding tert-OH is 1. The Balaban J connectivity index is 1.88. The number of hydrogen-bond acceptors (Lipinski definition) is 3. The largest absolute Gasteiger partial charge is 0.384 e. The highest BCUT2D eigenvalue weighted by molar-refractivity contribution is 7.98. The van der Waals surface area contributed by atoms with Gasteiger partial charge in [-0.3, -0.25) is 0 Å². The first kappa shape index (κ1) is 12.7. The quantitative estimate of drug-likeness (QED) is 0.867. The third-order valence-corrected chi connectivity index (χ3v) is 4.24. The van der Waals surface area contributed by atoms with E-state index >= 15 is 0 Å². The zero-order chi connectivity index (χ0) is 13.2. The summed E-state index contributed by atoms with van der Waals surface area (Å²) in [5.41, 5.74) is 4.28. The van der Waals surface area contributed by atoms with Crippen molar-refractivity contribution in [2.75, 3.05) is 6.26 Å². The van der Waals surface area contributed by atoms with Gasteiger partial charge in [0.15, 0.2) is 0 Å². The second-order valence-corrected chi connectivity index (χ2v) is 5.58. The van der Waals surface area contributed by atoms with Crippen molar-refractivity contribution in [1.82, 2.24) is 0 Å². The Hall–Kier alpha value is -1.29. The van der Waals surface area contributed by atoms with Gasteiger partial charge in [-0.2, -0.15) is 0 Å². The highest BCUT2D eigenvalue weighted by Gasteiger charge is 2.15. The molecule has 1 heterocycles. The number of ether oxygens (including phenoxy) is 1. The third kappa shape index (κ3) is 2.54. The van der Waals surface area contributed by atoms with E-state index in [0.29, 0.717) is 13.2 Å². The van der Waals surface area contributed by atoms with Crippen LogP contribution in [0.3, 0.4) is 0 Å². The Bertz CT molecular complexity index is 578. The predicted octanol–water partition coefficient (Wildman–Crippen LogP) is 3.52. The lowest BCUT2D eigenvalue weighted by Crippen LogP contribution is -2.00. The molecule has 1 atom stereocenters. The zero-order valence-corrected chi connectivity index (χ0v) is 11.6. The highest BCUT2D eigenvalue weighted by Crippen LogP contribution is 2.28. The zero-order valence-electron chi connectivity index (χ0n) is 10.8. The van der Waals surface area contributed by atoms with Crippen molar-refractivity contribution in [3.8, 4) is 0 Å². The third-order valence-electron chi connectivity index (χ3n) is 3.49. The summed E-state index contributed by atoms with van der Waals surface area (Å²) < 4.78 is 5.40. The minimum atomic E-state index is -0.568. The van der Waals surface area contributed by atoms with E-state index in [1.54, 1.807) is 11.8 Å². The fourth-order valence-electron chi connectivity index (χ4n) is 2.34. The van der Waals surface area contributed by atoms with Crippen molar-refractivity contribution in [3.05, 3.63) is 64.7 Å². The summed E-state index contributed by atoms with van der Waals surface area (Å²) in [6.45, 7) is 1.34. The molecule has 0 saturated heterocycles. The van der Waals surface area contributed by atoms with Crippen molar-refractivity contribution in [2.45, 2.75) is 24.2 Å². The van der Waals surface area contributed by atoms with Crippen molar-refractivity contribution >= 4 is 11.8 Å². The number of thioether (sulfide) groups is 1. The van der Waals surface area contributed by atoms with Crippen LogP contribution in [0.1, 0.15) is 28.4 Å². The monoisotopic (exact) mass is 272 g/mol. The lowest BCUT2D eigenvalue weighted by Gasteiger charge is -2.13. The van der Waals surface area contributed by atoms with Crippen LogP contribution in [0.15, 0.2) is 47.4 Å². The van der Waals surface area contributed by atoms with E-state index in [2.05, 4.69) is 12.1 Å². The van der Waals surface area contributed by atoms with Gasteiger partial charge in [0.05, 0.1) is 13.2 Å². The molecule has 0 fully saturated rings. The molecule has 19 heavy (non-hydrogen) atoms. The Kier molecular flexibility index (Phi) is 3.60. The molecule has 0 aromatic heterocycles. The molecule has 0 spiro atoms. The fraction of sp³-hybridized carbons (Fsp3) is 0.250. The van der Waals surface area contributed by atoms with E-state index in [0.717, 1.165) is 11.1 Å². The lowest BCUT2D eigenvalue weighted by molar-refractivity contribution is 0.134. The molecular weight excluding hydrogens is 256 g/mol. The van der Waals surface area contributed by atoms with Gasteiger partial charge in [0.1, 0.15) is 6.10 Å². The average Bonchev–Trinajstić information content (AvgIpc) is 2.94. The molecule has 0 aliphatic carbocycles. The van der Waals surface area contributed by atoms with Crippen LogP contribution in [0.4, 0.5) is 0 Å². The Labute approximate surface area is 117 Å². The predicted molar refractivity (Wildman–Crippen MR) is 77.2 cm³/mol. The Morgan fingerprint density at radius 2 is 1.68 bits per heavy atom. The second kappa shape index (κ2) is 5.37. The Morgan fingerprint density at radius 1 is 1.00 bits per heavy atom. The van der Waals surface area contributed by atoms with E-state index in [1.165, 1.54) is 16.0 Å². The summed E-state index contributed by atoms with van der Waals surface area (Å²) in [5, 5.41) is 10.4. The lowest BCUT2D eigenvalue weighted by atomic mass is 9.98. The summed E-state index contributed by atoms with van der Waals surface area (Å²) in [5.74, 6) is 0. The van der Waals surface area contributed by atoms with Crippen LogP contribution in [0.2, 0.25) is 0 Å². The van der Waals surface area contributed by atoms with Gasteiger partial charge in [0.25, 0.3) is 0 Å². The van der Waals surface area contributed by atoms with Crippen LogP contribution < -0.4 is 0 Å². The maximum Gasteiger partial charge on any atom is 0.104 e. The SMILES string of the molecule is CSc1ccc(C(O)c2ccc3c(c2)COC3)cc1. The van der Waals surface area contributed by atoms with Gasteiger partial charge in [-0.15, -0.1) is 11.8 Å². The van der Waals surface area contributed by atoms with Crippen LogP contribution >= 0.6 is 11.8 Å². The number of benzene rings is 2. The summed E-state index contributed by atoms with van der Waals surface area (Å²) in [6, 6.07) is 14.1. The van der Waals surface area contributed by atoms with E-state index in [-0.39, 0.29) is 0 Å². The van der Waals surface area contributed by atoms with E-state index in [4.69, 9.17) is 4.74 Å². The van der Waals surface area contributed by atoms with Gasteiger partial charge < -0.3 is 9.84 Å². The van der Waals surface area contributed by atoms with Gasteiger partial charge >= 0.3 is 0 Å². The first-order valence-corrected chi connectivity index (χ1v) is 7.52. The summed E-state index contributed by atoms with van der Waals surface area (Å²) in [6.07, 6.45) is 1.48. The molecule has 1 unspecified atom stereocenters. The molecule has 1 aliphatic heterocycles. The number of hydrogen-bond donors (Lipinski definition) is 1. The molecule has 1 N–H and O–H groups in total. The van der Waals surface area contributed by atoms with Crippen molar-refractivity contribution in [2.24, 2.45) is 0 Å². The van der Waals surface area contributed by atoms with Crippen molar-refractivity contribution < 1.29 is 9.84 Å².